The monoisotopic (exact) mass is 259 g/mol. The van der Waals surface area contributed by atoms with E-state index in [1.807, 2.05) is 0 Å². The number of nitrogens with one attached hydrogen (secondary N) is 1. The van der Waals surface area contributed by atoms with E-state index >= 15 is 0 Å². The molecule has 104 valence electrons. The molecule has 1 saturated carbocycles. The summed E-state index contributed by atoms with van der Waals surface area (Å²) in [5.74, 6) is 2.00. The number of rotatable bonds is 3. The van der Waals surface area contributed by atoms with E-state index in [0.29, 0.717) is 5.41 Å². The summed E-state index contributed by atoms with van der Waals surface area (Å²) < 4.78 is 6.19. The van der Waals surface area contributed by atoms with Crippen molar-refractivity contribution in [3.63, 3.8) is 0 Å². The van der Waals surface area contributed by atoms with E-state index < -0.39 is 0 Å². The van der Waals surface area contributed by atoms with Gasteiger partial charge in [-0.1, -0.05) is 32.8 Å². The molecule has 0 atom stereocenters. The summed E-state index contributed by atoms with van der Waals surface area (Å²) in [6.07, 6.45) is 6.42. The molecule has 1 aromatic carbocycles. The summed E-state index contributed by atoms with van der Waals surface area (Å²) in [7, 11) is 0. The van der Waals surface area contributed by atoms with Crippen LogP contribution < -0.4 is 10.1 Å². The Morgan fingerprint density at radius 2 is 2.11 bits per heavy atom. The van der Waals surface area contributed by atoms with Gasteiger partial charge in [-0.2, -0.15) is 0 Å². The van der Waals surface area contributed by atoms with Crippen LogP contribution in [0.25, 0.3) is 0 Å². The second-order valence-electron chi connectivity index (χ2n) is 6.74. The van der Waals surface area contributed by atoms with Crippen molar-refractivity contribution in [3.05, 3.63) is 23.8 Å². The molecule has 1 aliphatic carbocycles. The fourth-order valence-corrected chi connectivity index (χ4v) is 3.30. The molecule has 1 aromatic rings. The smallest absolute Gasteiger partial charge is 0.124 e. The van der Waals surface area contributed by atoms with Gasteiger partial charge >= 0.3 is 0 Å². The first-order chi connectivity index (χ1) is 9.16. The summed E-state index contributed by atoms with van der Waals surface area (Å²) in [6, 6.07) is 6.37. The molecule has 0 unspecified atom stereocenters. The molecule has 0 bridgehead atoms. The zero-order valence-electron chi connectivity index (χ0n) is 12.2. The first-order valence-electron chi connectivity index (χ1n) is 7.65. The zero-order chi connectivity index (χ0) is 13.3. The van der Waals surface area contributed by atoms with Crippen molar-refractivity contribution in [2.45, 2.75) is 46.0 Å². The second kappa shape index (κ2) is 5.07. The summed E-state index contributed by atoms with van der Waals surface area (Å²) in [4.78, 5) is 0. The van der Waals surface area contributed by atoms with Crippen molar-refractivity contribution in [1.29, 1.82) is 0 Å². The van der Waals surface area contributed by atoms with Crippen molar-refractivity contribution in [2.75, 3.05) is 18.5 Å². The van der Waals surface area contributed by atoms with Crippen molar-refractivity contribution >= 4 is 5.69 Å². The molecule has 2 aliphatic rings. The van der Waals surface area contributed by atoms with Gasteiger partial charge in [0, 0.05) is 23.2 Å². The molecule has 1 aliphatic heterocycles. The van der Waals surface area contributed by atoms with E-state index in [1.54, 1.807) is 0 Å². The summed E-state index contributed by atoms with van der Waals surface area (Å²) in [5, 5.41) is 3.41. The lowest BCUT2D eigenvalue weighted by molar-refractivity contribution is 0.0977. The van der Waals surface area contributed by atoms with Crippen molar-refractivity contribution < 1.29 is 4.74 Å². The third kappa shape index (κ3) is 2.72. The average Bonchev–Trinajstić information content (AvgIpc) is 2.89. The Bertz CT molecular complexity index is 447. The van der Waals surface area contributed by atoms with Gasteiger partial charge in [-0.25, -0.2) is 0 Å². The van der Waals surface area contributed by atoms with Crippen molar-refractivity contribution in [2.24, 2.45) is 11.3 Å². The molecule has 1 heterocycles. The topological polar surface area (TPSA) is 21.3 Å². The molecule has 0 aromatic heterocycles. The number of hydrogen-bond acceptors (Lipinski definition) is 2. The highest BCUT2D eigenvalue weighted by Gasteiger charge is 2.30. The van der Waals surface area contributed by atoms with Gasteiger partial charge in [0.2, 0.25) is 0 Å². The van der Waals surface area contributed by atoms with Crippen LogP contribution in [0.4, 0.5) is 5.69 Å². The van der Waals surface area contributed by atoms with Crippen LogP contribution in [0, 0.1) is 11.3 Å². The van der Waals surface area contributed by atoms with Crippen LogP contribution in [-0.4, -0.2) is 13.2 Å². The molecule has 0 radical (unpaired) electrons. The Morgan fingerprint density at radius 1 is 1.32 bits per heavy atom. The predicted octanol–water partition coefficient (Wildman–Crippen LogP) is 4.25. The molecular formula is C17H25NO. The number of anilines is 1. The van der Waals surface area contributed by atoms with E-state index in [4.69, 9.17) is 4.74 Å². The summed E-state index contributed by atoms with van der Waals surface area (Å²) >= 11 is 0. The van der Waals surface area contributed by atoms with Gasteiger partial charge in [0.1, 0.15) is 5.75 Å². The third-order valence-electron chi connectivity index (χ3n) is 4.88. The minimum atomic E-state index is 0.376. The minimum absolute atomic E-state index is 0.376. The van der Waals surface area contributed by atoms with Gasteiger partial charge in [-0.3, -0.25) is 0 Å². The van der Waals surface area contributed by atoms with Crippen LogP contribution >= 0.6 is 0 Å². The predicted molar refractivity (Wildman–Crippen MR) is 79.9 cm³/mol. The first kappa shape index (κ1) is 12.8. The SMILES string of the molecule is CC1CCC(C)(COc2cccc3c2CCN3)CC1. The quantitative estimate of drug-likeness (QED) is 0.876. The second-order valence-corrected chi connectivity index (χ2v) is 6.74. The van der Waals surface area contributed by atoms with Gasteiger partial charge in [-0.15, -0.1) is 0 Å². The van der Waals surface area contributed by atoms with Gasteiger partial charge in [0.25, 0.3) is 0 Å². The Morgan fingerprint density at radius 3 is 2.89 bits per heavy atom. The normalized spacial score (nSPS) is 29.7. The molecular weight excluding hydrogens is 234 g/mol. The summed E-state index contributed by atoms with van der Waals surface area (Å²) in [5.41, 5.74) is 3.01. The highest BCUT2D eigenvalue weighted by molar-refractivity contribution is 5.61. The van der Waals surface area contributed by atoms with E-state index in [0.717, 1.165) is 31.2 Å². The van der Waals surface area contributed by atoms with Crippen molar-refractivity contribution in [1.82, 2.24) is 0 Å². The molecule has 0 saturated heterocycles. The van der Waals surface area contributed by atoms with Gasteiger partial charge in [0.05, 0.1) is 6.61 Å². The number of ether oxygens (including phenoxy) is 1. The van der Waals surface area contributed by atoms with Crippen molar-refractivity contribution in [3.8, 4) is 5.75 Å². The number of fused-ring (bicyclic) bond motifs is 1. The van der Waals surface area contributed by atoms with E-state index in [2.05, 4.69) is 37.4 Å². The molecule has 19 heavy (non-hydrogen) atoms. The standard InChI is InChI=1S/C17H25NO/c1-13-6-9-17(2,10-7-13)12-19-16-5-3-4-15-14(16)8-11-18-15/h3-5,13,18H,6-12H2,1-2H3. The maximum Gasteiger partial charge on any atom is 0.124 e. The lowest BCUT2D eigenvalue weighted by atomic mass is 9.73. The lowest BCUT2D eigenvalue weighted by Crippen LogP contribution is -2.30. The Labute approximate surface area is 116 Å². The fourth-order valence-electron chi connectivity index (χ4n) is 3.30. The molecule has 2 heteroatoms. The van der Waals surface area contributed by atoms with Crippen LogP contribution in [0.1, 0.15) is 45.1 Å². The highest BCUT2D eigenvalue weighted by atomic mass is 16.5. The first-order valence-corrected chi connectivity index (χ1v) is 7.65. The number of hydrogen-bond donors (Lipinski definition) is 1. The van der Waals surface area contributed by atoms with Crippen LogP contribution in [0.3, 0.4) is 0 Å². The highest BCUT2D eigenvalue weighted by Crippen LogP contribution is 2.39. The fraction of sp³-hybridized carbons (Fsp3) is 0.647. The van der Waals surface area contributed by atoms with Crippen LogP contribution in [0.2, 0.25) is 0 Å². The molecule has 3 rings (SSSR count). The van der Waals surface area contributed by atoms with Gasteiger partial charge in [-0.05, 0) is 37.3 Å². The molecule has 2 nitrogen and oxygen atoms in total. The van der Waals surface area contributed by atoms with Gasteiger partial charge < -0.3 is 10.1 Å². The van der Waals surface area contributed by atoms with Gasteiger partial charge in [0.15, 0.2) is 0 Å². The molecule has 1 N–H and O–H groups in total. The lowest BCUT2D eigenvalue weighted by Gasteiger charge is -2.36. The molecule has 0 spiro atoms. The Balaban J connectivity index is 1.65. The van der Waals surface area contributed by atoms with E-state index in [-0.39, 0.29) is 0 Å². The Hall–Kier alpha value is -1.18. The van der Waals surface area contributed by atoms with Crippen LogP contribution in [-0.2, 0) is 6.42 Å². The average molecular weight is 259 g/mol. The van der Waals surface area contributed by atoms with Crippen LogP contribution in [0.5, 0.6) is 5.75 Å². The largest absolute Gasteiger partial charge is 0.493 e. The maximum absolute atomic E-state index is 6.19. The molecule has 0 amide bonds. The zero-order valence-corrected chi connectivity index (χ0v) is 12.2. The minimum Gasteiger partial charge on any atom is -0.493 e. The Kier molecular flexibility index (Phi) is 3.42. The number of benzene rings is 1. The maximum atomic E-state index is 6.19. The van der Waals surface area contributed by atoms with Crippen LogP contribution in [0.15, 0.2) is 18.2 Å². The molecule has 1 fully saturated rings. The third-order valence-corrected chi connectivity index (χ3v) is 4.88. The summed E-state index contributed by atoms with van der Waals surface area (Å²) in [6.45, 7) is 6.68. The van der Waals surface area contributed by atoms with E-state index in [9.17, 15) is 0 Å². The van der Waals surface area contributed by atoms with E-state index in [1.165, 1.54) is 36.9 Å².